The van der Waals surface area contributed by atoms with Crippen molar-refractivity contribution in [3.63, 3.8) is 0 Å². The molecule has 1 heterocycles. The zero-order valence-corrected chi connectivity index (χ0v) is 13.0. The number of anilines is 1. The van der Waals surface area contributed by atoms with E-state index in [-0.39, 0.29) is 0 Å². The Balaban J connectivity index is 2.29. The normalized spacial score (nSPS) is 10.3. The van der Waals surface area contributed by atoms with E-state index in [1.807, 2.05) is 36.1 Å². The minimum absolute atomic E-state index is 0.399. The van der Waals surface area contributed by atoms with Gasteiger partial charge < -0.3 is 10.6 Å². The van der Waals surface area contributed by atoms with E-state index in [9.17, 15) is 0 Å². The molecule has 0 aliphatic rings. The van der Waals surface area contributed by atoms with Crippen molar-refractivity contribution < 1.29 is 0 Å². The fourth-order valence-electron chi connectivity index (χ4n) is 1.68. The summed E-state index contributed by atoms with van der Waals surface area (Å²) in [5.74, 6) is 0. The molecule has 0 atom stereocenters. The van der Waals surface area contributed by atoms with E-state index < -0.39 is 0 Å². The number of halogens is 1. The Bertz CT molecular complexity index is 554. The molecule has 2 aromatic rings. The van der Waals surface area contributed by atoms with Gasteiger partial charge in [0.2, 0.25) is 0 Å². The van der Waals surface area contributed by atoms with E-state index in [0.717, 1.165) is 28.0 Å². The smallest absolute Gasteiger partial charge is 0.106 e. The lowest BCUT2D eigenvalue weighted by molar-refractivity contribution is 0.893. The highest BCUT2D eigenvalue weighted by Crippen LogP contribution is 2.25. The number of rotatable bonds is 4. The number of nitrogens with zero attached hydrogens (tertiary/aromatic N) is 2. The van der Waals surface area contributed by atoms with Gasteiger partial charge >= 0.3 is 0 Å². The van der Waals surface area contributed by atoms with Gasteiger partial charge in [-0.05, 0) is 18.2 Å². The molecule has 6 heteroatoms. The minimum Gasteiger partial charge on any atom is -0.389 e. The molecule has 0 saturated carbocycles. The Morgan fingerprint density at radius 2 is 2.33 bits per heavy atom. The first-order chi connectivity index (χ1) is 8.58. The predicted octanol–water partition coefficient (Wildman–Crippen LogP) is 3.18. The summed E-state index contributed by atoms with van der Waals surface area (Å²) in [6.07, 6.45) is 0. The lowest BCUT2D eigenvalue weighted by Crippen LogP contribution is -2.21. The number of hydrogen-bond donors (Lipinski definition) is 1. The van der Waals surface area contributed by atoms with Crippen molar-refractivity contribution in [2.45, 2.75) is 6.54 Å². The van der Waals surface area contributed by atoms with E-state index in [0.29, 0.717) is 4.99 Å². The fraction of sp³-hybridized carbons (Fsp3) is 0.167. The van der Waals surface area contributed by atoms with Crippen molar-refractivity contribution in [3.8, 4) is 0 Å². The van der Waals surface area contributed by atoms with Crippen molar-refractivity contribution in [2.24, 2.45) is 5.73 Å². The van der Waals surface area contributed by atoms with Crippen molar-refractivity contribution in [3.05, 3.63) is 44.8 Å². The van der Waals surface area contributed by atoms with Crippen LogP contribution in [0.25, 0.3) is 0 Å². The van der Waals surface area contributed by atoms with Gasteiger partial charge in [0.1, 0.15) is 4.99 Å². The number of thiazole rings is 1. The second-order valence-corrected chi connectivity index (χ2v) is 5.94. The molecule has 3 nitrogen and oxygen atoms in total. The fourth-order valence-corrected chi connectivity index (χ4v) is 2.76. The summed E-state index contributed by atoms with van der Waals surface area (Å²) in [5.41, 5.74) is 10.5. The van der Waals surface area contributed by atoms with Gasteiger partial charge in [0.15, 0.2) is 0 Å². The van der Waals surface area contributed by atoms with Crippen LogP contribution < -0.4 is 10.6 Å². The van der Waals surface area contributed by atoms with Crippen LogP contribution >= 0.6 is 39.5 Å². The van der Waals surface area contributed by atoms with Crippen LogP contribution in [0.4, 0.5) is 5.69 Å². The van der Waals surface area contributed by atoms with E-state index in [1.54, 1.807) is 11.3 Å². The predicted molar refractivity (Wildman–Crippen MR) is 84.3 cm³/mol. The third-order valence-electron chi connectivity index (χ3n) is 2.52. The molecule has 0 amide bonds. The standard InChI is InChI=1S/C12H12BrN3S2/c1-16(5-9-6-18-7-15-9)11-3-2-8(13)4-10(11)12(14)17/h2-4,6-7H,5H2,1H3,(H2,14,17). The van der Waals surface area contributed by atoms with Gasteiger partial charge in [-0.1, -0.05) is 28.1 Å². The lowest BCUT2D eigenvalue weighted by Gasteiger charge is -2.21. The van der Waals surface area contributed by atoms with Gasteiger partial charge in [-0.25, -0.2) is 4.98 Å². The molecule has 0 saturated heterocycles. The van der Waals surface area contributed by atoms with Gasteiger partial charge in [0, 0.05) is 28.2 Å². The highest BCUT2D eigenvalue weighted by molar-refractivity contribution is 9.10. The van der Waals surface area contributed by atoms with Crippen LogP contribution in [0.15, 0.2) is 33.6 Å². The van der Waals surface area contributed by atoms with Crippen molar-refractivity contribution in [2.75, 3.05) is 11.9 Å². The third kappa shape index (κ3) is 3.07. The zero-order valence-electron chi connectivity index (χ0n) is 9.76. The highest BCUT2D eigenvalue weighted by Gasteiger charge is 2.11. The Morgan fingerprint density at radius 3 is 2.94 bits per heavy atom. The van der Waals surface area contributed by atoms with Crippen LogP contribution in [0, 0.1) is 0 Å². The molecule has 2 N–H and O–H groups in total. The molecule has 18 heavy (non-hydrogen) atoms. The largest absolute Gasteiger partial charge is 0.389 e. The number of thiocarbonyl (C=S) groups is 1. The summed E-state index contributed by atoms with van der Waals surface area (Å²) in [6.45, 7) is 0.737. The summed E-state index contributed by atoms with van der Waals surface area (Å²) in [4.78, 5) is 6.77. The zero-order chi connectivity index (χ0) is 13.1. The van der Waals surface area contributed by atoms with Gasteiger partial charge in [-0.3, -0.25) is 0 Å². The summed E-state index contributed by atoms with van der Waals surface area (Å²) < 4.78 is 0.969. The molecular weight excluding hydrogens is 330 g/mol. The molecule has 0 spiro atoms. The summed E-state index contributed by atoms with van der Waals surface area (Å²) in [6, 6.07) is 5.93. The maximum atomic E-state index is 5.77. The van der Waals surface area contributed by atoms with Gasteiger partial charge in [-0.15, -0.1) is 11.3 Å². The molecule has 0 aliphatic heterocycles. The van der Waals surface area contributed by atoms with Crippen molar-refractivity contribution in [1.82, 2.24) is 4.98 Å². The second kappa shape index (κ2) is 5.77. The summed E-state index contributed by atoms with van der Waals surface area (Å²) in [5, 5.41) is 2.04. The van der Waals surface area contributed by atoms with Crippen LogP contribution in [0.1, 0.15) is 11.3 Å². The third-order valence-corrected chi connectivity index (χ3v) is 3.87. The molecular formula is C12H12BrN3S2. The molecule has 0 radical (unpaired) electrons. The topological polar surface area (TPSA) is 42.2 Å². The van der Waals surface area contributed by atoms with E-state index >= 15 is 0 Å². The minimum atomic E-state index is 0.399. The Hall–Kier alpha value is -0.980. The maximum absolute atomic E-state index is 5.77. The molecule has 0 aliphatic carbocycles. The summed E-state index contributed by atoms with van der Waals surface area (Å²) >= 11 is 10.1. The molecule has 0 unspecified atom stereocenters. The number of nitrogens with two attached hydrogens (primary N) is 1. The van der Waals surface area contributed by atoms with Crippen molar-refractivity contribution in [1.29, 1.82) is 0 Å². The Labute approximate surface area is 124 Å². The highest BCUT2D eigenvalue weighted by atomic mass is 79.9. The van der Waals surface area contributed by atoms with Gasteiger partial charge in [0.25, 0.3) is 0 Å². The average molecular weight is 342 g/mol. The molecule has 2 rings (SSSR count). The lowest BCUT2D eigenvalue weighted by atomic mass is 10.1. The molecule has 94 valence electrons. The van der Waals surface area contributed by atoms with Crippen molar-refractivity contribution >= 4 is 50.2 Å². The van der Waals surface area contributed by atoms with Crippen LogP contribution in [0.5, 0.6) is 0 Å². The SMILES string of the molecule is CN(Cc1cscn1)c1ccc(Br)cc1C(N)=S. The first-order valence-electron chi connectivity index (χ1n) is 5.25. The van der Waals surface area contributed by atoms with E-state index in [4.69, 9.17) is 18.0 Å². The molecule has 0 bridgehead atoms. The number of aromatic nitrogens is 1. The Morgan fingerprint density at radius 1 is 1.56 bits per heavy atom. The maximum Gasteiger partial charge on any atom is 0.106 e. The summed E-state index contributed by atoms with van der Waals surface area (Å²) in [7, 11) is 2.00. The quantitative estimate of drug-likeness (QED) is 0.867. The van der Waals surface area contributed by atoms with Gasteiger partial charge in [-0.2, -0.15) is 0 Å². The Kier molecular flexibility index (Phi) is 4.31. The monoisotopic (exact) mass is 341 g/mol. The van der Waals surface area contributed by atoms with Crippen LogP contribution in [-0.2, 0) is 6.54 Å². The van der Waals surface area contributed by atoms with E-state index in [2.05, 4.69) is 25.8 Å². The molecule has 1 aromatic carbocycles. The molecule has 0 fully saturated rings. The van der Waals surface area contributed by atoms with Crippen LogP contribution in [0.2, 0.25) is 0 Å². The molecule has 1 aromatic heterocycles. The van der Waals surface area contributed by atoms with Crippen LogP contribution in [0.3, 0.4) is 0 Å². The second-order valence-electron chi connectivity index (χ2n) is 3.86. The first-order valence-corrected chi connectivity index (χ1v) is 7.40. The van der Waals surface area contributed by atoms with E-state index in [1.165, 1.54) is 0 Å². The number of benzene rings is 1. The number of hydrogen-bond acceptors (Lipinski definition) is 4. The van der Waals surface area contributed by atoms with Gasteiger partial charge in [0.05, 0.1) is 17.7 Å². The van der Waals surface area contributed by atoms with Crippen LogP contribution in [-0.4, -0.2) is 17.0 Å². The average Bonchev–Trinajstić information content (AvgIpc) is 2.81. The first kappa shape index (κ1) is 13.5.